The topological polar surface area (TPSA) is 80.3 Å². The van der Waals surface area contributed by atoms with Gasteiger partial charge in [0.05, 0.1) is 23.4 Å². The van der Waals surface area contributed by atoms with Gasteiger partial charge in [0.2, 0.25) is 0 Å². The molecule has 29 heavy (non-hydrogen) atoms. The molecule has 4 rings (SSSR count). The minimum atomic E-state index is -0.910. The number of aromatic nitrogens is 2. The Labute approximate surface area is 170 Å². The molecule has 0 radical (unpaired) electrons. The molecule has 0 spiro atoms. The van der Waals surface area contributed by atoms with Crippen LogP contribution in [-0.4, -0.2) is 20.9 Å². The molecule has 0 saturated heterocycles. The summed E-state index contributed by atoms with van der Waals surface area (Å²) >= 11 is 0. The number of hydrogen-bond donors (Lipinski definition) is 2. The predicted molar refractivity (Wildman–Crippen MR) is 112 cm³/mol. The zero-order chi connectivity index (χ0) is 20.4. The monoisotopic (exact) mass is 393 g/mol. The minimum Gasteiger partial charge on any atom is -0.478 e. The first-order valence-electron chi connectivity index (χ1n) is 10.2. The van der Waals surface area contributed by atoms with Gasteiger partial charge in [-0.1, -0.05) is 19.3 Å². The molecule has 1 atom stereocenters. The number of hydrogen-bond acceptors (Lipinski definition) is 4. The quantitative estimate of drug-likeness (QED) is 0.584. The molecule has 1 saturated carbocycles. The number of anilines is 1. The lowest BCUT2D eigenvalue weighted by Gasteiger charge is -2.31. The van der Waals surface area contributed by atoms with Gasteiger partial charge in [0.25, 0.3) is 0 Å². The standard InChI is InChI=1S/C23H27N3O3/c1-15-20(12-21(29-15)18-13-24-26(2)14-18)22(16-6-4-3-5-7-16)25-19-10-8-17(9-11-19)23(27)28/h8-14,16,22,25H,3-7H2,1-2H3,(H,27,28). The van der Waals surface area contributed by atoms with Crippen molar-refractivity contribution in [1.82, 2.24) is 9.78 Å². The fraction of sp³-hybridized carbons (Fsp3) is 0.391. The molecule has 1 aliphatic carbocycles. The maximum Gasteiger partial charge on any atom is 0.335 e. The maximum atomic E-state index is 11.1. The van der Waals surface area contributed by atoms with E-state index in [1.54, 1.807) is 16.8 Å². The van der Waals surface area contributed by atoms with E-state index in [1.807, 2.05) is 38.5 Å². The molecule has 0 aliphatic heterocycles. The summed E-state index contributed by atoms with van der Waals surface area (Å²) in [6.45, 7) is 2.01. The molecule has 1 aromatic carbocycles. The number of carbonyl (C=O) groups is 1. The third-order valence-corrected chi connectivity index (χ3v) is 5.86. The number of carboxylic acids is 1. The number of aromatic carboxylic acids is 1. The van der Waals surface area contributed by atoms with Crippen LogP contribution in [0.1, 0.15) is 59.8 Å². The minimum absolute atomic E-state index is 0.125. The number of nitrogens with zero attached hydrogens (tertiary/aromatic N) is 2. The molecule has 2 N–H and O–H groups in total. The van der Waals surface area contributed by atoms with Crippen molar-refractivity contribution < 1.29 is 14.3 Å². The van der Waals surface area contributed by atoms with Gasteiger partial charge >= 0.3 is 5.97 Å². The number of furan rings is 1. The Morgan fingerprint density at radius 2 is 1.97 bits per heavy atom. The fourth-order valence-electron chi connectivity index (χ4n) is 4.30. The Hall–Kier alpha value is -3.02. The Balaban J connectivity index is 1.65. The molecule has 1 fully saturated rings. The van der Waals surface area contributed by atoms with E-state index in [9.17, 15) is 4.79 Å². The summed E-state index contributed by atoms with van der Waals surface area (Å²) in [5, 5.41) is 17.1. The van der Waals surface area contributed by atoms with Gasteiger partial charge in [0, 0.05) is 24.5 Å². The van der Waals surface area contributed by atoms with E-state index in [4.69, 9.17) is 9.52 Å². The Kier molecular flexibility index (Phi) is 5.43. The van der Waals surface area contributed by atoms with E-state index in [0.29, 0.717) is 11.5 Å². The van der Waals surface area contributed by atoms with Gasteiger partial charge in [0.15, 0.2) is 0 Å². The van der Waals surface area contributed by atoms with Crippen molar-refractivity contribution in [1.29, 1.82) is 0 Å². The molecule has 6 heteroatoms. The highest BCUT2D eigenvalue weighted by molar-refractivity contribution is 5.88. The van der Waals surface area contributed by atoms with Crippen molar-refractivity contribution in [2.75, 3.05) is 5.32 Å². The van der Waals surface area contributed by atoms with E-state index in [2.05, 4.69) is 16.5 Å². The SMILES string of the molecule is Cc1oc(-c2cnn(C)c2)cc1C(Nc1ccc(C(=O)O)cc1)C1CCCCC1. The highest BCUT2D eigenvalue weighted by Gasteiger charge is 2.28. The lowest BCUT2D eigenvalue weighted by Crippen LogP contribution is -2.23. The number of benzene rings is 1. The Morgan fingerprint density at radius 1 is 1.24 bits per heavy atom. The third kappa shape index (κ3) is 4.21. The highest BCUT2D eigenvalue weighted by Crippen LogP contribution is 2.40. The van der Waals surface area contributed by atoms with Gasteiger partial charge < -0.3 is 14.8 Å². The predicted octanol–water partition coefficient (Wildman–Crippen LogP) is 5.42. The van der Waals surface area contributed by atoms with Gasteiger partial charge in [-0.05, 0) is 56.0 Å². The fourth-order valence-corrected chi connectivity index (χ4v) is 4.30. The molecule has 0 bridgehead atoms. The summed E-state index contributed by atoms with van der Waals surface area (Å²) < 4.78 is 7.87. The third-order valence-electron chi connectivity index (χ3n) is 5.86. The van der Waals surface area contributed by atoms with Crippen LogP contribution in [0.5, 0.6) is 0 Å². The normalized spacial score (nSPS) is 15.9. The summed E-state index contributed by atoms with van der Waals surface area (Å²) in [7, 11) is 1.90. The molecular formula is C23H27N3O3. The molecule has 1 unspecified atom stereocenters. The van der Waals surface area contributed by atoms with E-state index in [1.165, 1.54) is 32.1 Å². The van der Waals surface area contributed by atoms with Crippen molar-refractivity contribution in [3.63, 3.8) is 0 Å². The maximum absolute atomic E-state index is 11.1. The average Bonchev–Trinajstić information content (AvgIpc) is 3.33. The van der Waals surface area contributed by atoms with Crippen molar-refractivity contribution in [3.8, 4) is 11.3 Å². The second-order valence-electron chi connectivity index (χ2n) is 7.93. The molecule has 152 valence electrons. The van der Waals surface area contributed by atoms with Crippen molar-refractivity contribution in [2.45, 2.75) is 45.1 Å². The molecule has 2 heterocycles. The summed E-state index contributed by atoms with van der Waals surface area (Å²) in [5.74, 6) is 1.34. The van der Waals surface area contributed by atoms with Crippen LogP contribution < -0.4 is 5.32 Å². The van der Waals surface area contributed by atoms with Crippen LogP contribution in [0.15, 0.2) is 47.1 Å². The smallest absolute Gasteiger partial charge is 0.335 e. The second kappa shape index (κ2) is 8.15. The zero-order valence-electron chi connectivity index (χ0n) is 16.9. The molecule has 3 aromatic rings. The number of aryl methyl sites for hydroxylation is 2. The molecule has 1 aliphatic rings. The van der Waals surface area contributed by atoms with Gasteiger partial charge in [-0.25, -0.2) is 4.79 Å². The number of nitrogens with one attached hydrogen (secondary N) is 1. The van der Waals surface area contributed by atoms with Gasteiger partial charge in [-0.15, -0.1) is 0 Å². The Bertz CT molecular complexity index is 981. The largest absolute Gasteiger partial charge is 0.478 e. The van der Waals surface area contributed by atoms with Crippen LogP contribution in [-0.2, 0) is 7.05 Å². The zero-order valence-corrected chi connectivity index (χ0v) is 16.9. The molecular weight excluding hydrogens is 366 g/mol. The van der Waals surface area contributed by atoms with Crippen LogP contribution in [0, 0.1) is 12.8 Å². The first-order chi connectivity index (χ1) is 14.0. The molecule has 0 amide bonds. The van der Waals surface area contributed by atoms with Crippen LogP contribution in [0.25, 0.3) is 11.3 Å². The molecule has 2 aromatic heterocycles. The van der Waals surface area contributed by atoms with Crippen molar-refractivity contribution in [3.05, 3.63) is 59.6 Å². The van der Waals surface area contributed by atoms with Crippen molar-refractivity contribution in [2.24, 2.45) is 13.0 Å². The average molecular weight is 393 g/mol. The number of carboxylic acid groups (broad SMARTS) is 1. The summed E-state index contributed by atoms with van der Waals surface area (Å²) in [6.07, 6.45) is 9.91. The lowest BCUT2D eigenvalue weighted by atomic mass is 9.81. The highest BCUT2D eigenvalue weighted by atomic mass is 16.4. The summed E-state index contributed by atoms with van der Waals surface area (Å²) in [5.41, 5.74) is 3.35. The van der Waals surface area contributed by atoms with E-state index in [-0.39, 0.29) is 6.04 Å². The second-order valence-corrected chi connectivity index (χ2v) is 7.93. The van der Waals surface area contributed by atoms with E-state index in [0.717, 1.165) is 28.3 Å². The summed E-state index contributed by atoms with van der Waals surface area (Å²) in [6, 6.07) is 9.23. The van der Waals surface area contributed by atoms with Crippen LogP contribution >= 0.6 is 0 Å². The first-order valence-corrected chi connectivity index (χ1v) is 10.2. The van der Waals surface area contributed by atoms with Crippen LogP contribution in [0.4, 0.5) is 5.69 Å². The van der Waals surface area contributed by atoms with E-state index >= 15 is 0 Å². The van der Waals surface area contributed by atoms with Gasteiger partial charge in [-0.3, -0.25) is 4.68 Å². The molecule has 6 nitrogen and oxygen atoms in total. The van der Waals surface area contributed by atoms with Gasteiger partial charge in [0.1, 0.15) is 11.5 Å². The van der Waals surface area contributed by atoms with Crippen LogP contribution in [0.2, 0.25) is 0 Å². The van der Waals surface area contributed by atoms with Gasteiger partial charge in [-0.2, -0.15) is 5.10 Å². The van der Waals surface area contributed by atoms with E-state index < -0.39 is 5.97 Å². The summed E-state index contributed by atoms with van der Waals surface area (Å²) in [4.78, 5) is 11.1. The van der Waals surface area contributed by atoms with Crippen molar-refractivity contribution >= 4 is 11.7 Å². The number of rotatable bonds is 6. The lowest BCUT2D eigenvalue weighted by molar-refractivity contribution is 0.0697. The first kappa shape index (κ1) is 19.3. The van der Waals surface area contributed by atoms with Crippen LogP contribution in [0.3, 0.4) is 0 Å². The Morgan fingerprint density at radius 3 is 2.59 bits per heavy atom.